The summed E-state index contributed by atoms with van der Waals surface area (Å²) < 4.78 is 2.58. The molecule has 0 bridgehead atoms. The molecule has 0 spiro atoms. The number of amides is 1. The van der Waals surface area contributed by atoms with Gasteiger partial charge in [-0.15, -0.1) is 0 Å². The van der Waals surface area contributed by atoms with E-state index in [-0.39, 0.29) is 12.3 Å². The summed E-state index contributed by atoms with van der Waals surface area (Å²) in [5.74, 6) is -0.625. The van der Waals surface area contributed by atoms with Crippen LogP contribution in [0.2, 0.25) is 0 Å². The second-order valence-corrected chi connectivity index (χ2v) is 4.94. The third-order valence-electron chi connectivity index (χ3n) is 1.52. The lowest BCUT2D eigenvalue weighted by atomic mass is 10.3. The van der Waals surface area contributed by atoms with E-state index in [1.54, 1.807) is 18.3 Å². The van der Waals surface area contributed by atoms with Crippen molar-refractivity contribution in [2.75, 3.05) is 5.75 Å². The van der Waals surface area contributed by atoms with Crippen LogP contribution in [-0.2, 0) is 4.79 Å². The molecule has 1 heterocycles. The summed E-state index contributed by atoms with van der Waals surface area (Å²) in [6, 6.07) is 3.34. The van der Waals surface area contributed by atoms with Gasteiger partial charge < -0.3 is 5.11 Å². The summed E-state index contributed by atoms with van der Waals surface area (Å²) in [7, 11) is 2.41. The Kier molecular flexibility index (Phi) is 5.73. The second-order valence-electron chi connectivity index (χ2n) is 2.72. The van der Waals surface area contributed by atoms with Gasteiger partial charge in [0.25, 0.3) is 5.91 Å². The van der Waals surface area contributed by atoms with Gasteiger partial charge in [-0.1, -0.05) is 10.8 Å². The Labute approximate surface area is 101 Å². The third-order valence-corrected chi connectivity index (χ3v) is 3.38. The van der Waals surface area contributed by atoms with Crippen LogP contribution in [0.15, 0.2) is 24.5 Å². The van der Waals surface area contributed by atoms with Crippen LogP contribution in [0.5, 0.6) is 0 Å². The highest BCUT2D eigenvalue weighted by molar-refractivity contribution is 8.76. The van der Waals surface area contributed by atoms with E-state index in [1.165, 1.54) is 17.0 Å². The zero-order chi connectivity index (χ0) is 11.8. The summed E-state index contributed by atoms with van der Waals surface area (Å²) in [5, 5.41) is 8.38. The van der Waals surface area contributed by atoms with Crippen molar-refractivity contribution >= 4 is 33.7 Å². The van der Waals surface area contributed by atoms with Crippen molar-refractivity contribution in [2.45, 2.75) is 6.42 Å². The van der Waals surface area contributed by atoms with Crippen molar-refractivity contribution < 1.29 is 14.7 Å². The predicted molar refractivity (Wildman–Crippen MR) is 64.0 cm³/mol. The zero-order valence-corrected chi connectivity index (χ0v) is 9.88. The molecule has 0 unspecified atom stereocenters. The number of aliphatic carboxylic acids is 1. The van der Waals surface area contributed by atoms with Crippen LogP contribution in [0.1, 0.15) is 16.8 Å². The highest BCUT2D eigenvalue weighted by atomic mass is 33.1. The van der Waals surface area contributed by atoms with Crippen molar-refractivity contribution in [3.63, 3.8) is 0 Å². The van der Waals surface area contributed by atoms with Gasteiger partial charge in [-0.05, 0) is 12.1 Å². The average Bonchev–Trinajstić information content (AvgIpc) is 2.29. The Morgan fingerprint density at radius 2 is 2.31 bits per heavy atom. The Morgan fingerprint density at radius 1 is 1.50 bits per heavy atom. The molecule has 86 valence electrons. The maximum absolute atomic E-state index is 11.4. The van der Waals surface area contributed by atoms with Crippen molar-refractivity contribution in [3.8, 4) is 0 Å². The number of rotatable bonds is 6. The first kappa shape index (κ1) is 12.9. The average molecular weight is 258 g/mol. The Bertz CT molecular complexity index is 359. The fourth-order valence-corrected chi connectivity index (χ4v) is 2.29. The number of carbonyl (C=O) groups excluding carboxylic acids is 1. The summed E-state index contributed by atoms with van der Waals surface area (Å²) in [4.78, 5) is 25.5. The summed E-state index contributed by atoms with van der Waals surface area (Å²) in [6.07, 6.45) is 3.14. The first-order valence-corrected chi connectivity index (χ1v) is 6.72. The standard InChI is InChI=1S/C9H10N2O3S2/c12-8(13)3-5-15-16-11-9(14)7-2-1-4-10-6-7/h1-2,4,6H,3,5H2,(H,11,14)(H,12,13). The first-order valence-electron chi connectivity index (χ1n) is 4.41. The number of hydrogen-bond acceptors (Lipinski definition) is 5. The number of hydrogen-bond donors (Lipinski definition) is 2. The number of pyridine rings is 1. The van der Waals surface area contributed by atoms with Gasteiger partial charge in [0, 0.05) is 29.1 Å². The maximum atomic E-state index is 11.4. The monoisotopic (exact) mass is 258 g/mol. The quantitative estimate of drug-likeness (QED) is 0.458. The van der Waals surface area contributed by atoms with E-state index >= 15 is 0 Å². The molecule has 0 aromatic carbocycles. The second kappa shape index (κ2) is 7.13. The van der Waals surface area contributed by atoms with Gasteiger partial charge in [0.15, 0.2) is 0 Å². The molecule has 2 N–H and O–H groups in total. The van der Waals surface area contributed by atoms with Crippen LogP contribution in [-0.4, -0.2) is 27.7 Å². The van der Waals surface area contributed by atoms with Crippen LogP contribution in [0, 0.1) is 0 Å². The number of carboxylic acid groups (broad SMARTS) is 1. The molecule has 0 fully saturated rings. The lowest BCUT2D eigenvalue weighted by molar-refractivity contribution is -0.136. The Hall–Kier alpha value is -1.21. The molecule has 1 aromatic rings. The molecule has 1 rings (SSSR count). The smallest absolute Gasteiger partial charge is 0.304 e. The molecule has 0 saturated carbocycles. The predicted octanol–water partition coefficient (Wildman–Crippen LogP) is 1.58. The molecule has 0 atom stereocenters. The van der Waals surface area contributed by atoms with E-state index in [4.69, 9.17) is 5.11 Å². The van der Waals surface area contributed by atoms with E-state index in [9.17, 15) is 9.59 Å². The molecule has 1 aromatic heterocycles. The van der Waals surface area contributed by atoms with Gasteiger partial charge in [0.2, 0.25) is 0 Å². The molecule has 0 aliphatic heterocycles. The Morgan fingerprint density at radius 3 is 2.94 bits per heavy atom. The SMILES string of the molecule is O=C(O)CCSSNC(=O)c1cccnc1. The van der Waals surface area contributed by atoms with Crippen LogP contribution >= 0.6 is 21.8 Å². The van der Waals surface area contributed by atoms with E-state index in [0.29, 0.717) is 11.3 Å². The van der Waals surface area contributed by atoms with E-state index in [1.807, 2.05) is 0 Å². The van der Waals surface area contributed by atoms with Gasteiger partial charge in [-0.25, -0.2) is 0 Å². The molecule has 7 heteroatoms. The molecule has 0 saturated heterocycles. The minimum atomic E-state index is -0.841. The summed E-state index contributed by atoms with van der Waals surface area (Å²) in [5.41, 5.74) is 0.480. The number of carboxylic acids is 1. The number of nitrogens with one attached hydrogen (secondary N) is 1. The molecule has 0 aliphatic carbocycles. The molecular formula is C9H10N2O3S2. The normalized spacial score (nSPS) is 9.75. The number of aromatic nitrogens is 1. The maximum Gasteiger partial charge on any atom is 0.304 e. The molecule has 1 amide bonds. The molecule has 16 heavy (non-hydrogen) atoms. The van der Waals surface area contributed by atoms with Crippen molar-refractivity contribution in [1.82, 2.24) is 9.71 Å². The fourth-order valence-electron chi connectivity index (χ4n) is 0.794. The van der Waals surface area contributed by atoms with Crippen LogP contribution in [0.4, 0.5) is 0 Å². The van der Waals surface area contributed by atoms with E-state index in [0.717, 1.165) is 11.0 Å². The first-order chi connectivity index (χ1) is 7.70. The molecule has 0 radical (unpaired) electrons. The van der Waals surface area contributed by atoms with Gasteiger partial charge in [0.1, 0.15) is 0 Å². The minimum Gasteiger partial charge on any atom is -0.481 e. The minimum absolute atomic E-state index is 0.0838. The largest absolute Gasteiger partial charge is 0.481 e. The highest BCUT2D eigenvalue weighted by Gasteiger charge is 2.04. The molecule has 0 aliphatic rings. The topological polar surface area (TPSA) is 79.3 Å². The molecular weight excluding hydrogens is 248 g/mol. The Balaban J connectivity index is 2.19. The van der Waals surface area contributed by atoms with Crippen LogP contribution < -0.4 is 4.72 Å². The van der Waals surface area contributed by atoms with Gasteiger partial charge in [-0.3, -0.25) is 19.3 Å². The van der Waals surface area contributed by atoms with Crippen molar-refractivity contribution in [2.24, 2.45) is 0 Å². The van der Waals surface area contributed by atoms with E-state index in [2.05, 4.69) is 9.71 Å². The van der Waals surface area contributed by atoms with Gasteiger partial charge in [0.05, 0.1) is 12.0 Å². The van der Waals surface area contributed by atoms with Crippen molar-refractivity contribution in [1.29, 1.82) is 0 Å². The van der Waals surface area contributed by atoms with E-state index < -0.39 is 5.97 Å². The summed E-state index contributed by atoms with van der Waals surface area (Å²) >= 11 is 0. The number of carbonyl (C=O) groups is 2. The number of nitrogens with zero attached hydrogens (tertiary/aromatic N) is 1. The van der Waals surface area contributed by atoms with Gasteiger partial charge >= 0.3 is 5.97 Å². The van der Waals surface area contributed by atoms with Crippen molar-refractivity contribution in [3.05, 3.63) is 30.1 Å². The fraction of sp³-hybridized carbons (Fsp3) is 0.222. The summed E-state index contributed by atoms with van der Waals surface area (Å²) in [6.45, 7) is 0. The van der Waals surface area contributed by atoms with Crippen LogP contribution in [0.25, 0.3) is 0 Å². The third kappa shape index (κ3) is 5.04. The van der Waals surface area contributed by atoms with Crippen LogP contribution in [0.3, 0.4) is 0 Å². The highest BCUT2D eigenvalue weighted by Crippen LogP contribution is 2.18. The van der Waals surface area contributed by atoms with Gasteiger partial charge in [-0.2, -0.15) is 0 Å². The lowest BCUT2D eigenvalue weighted by Gasteiger charge is -2.01. The zero-order valence-electron chi connectivity index (χ0n) is 8.25. The lowest BCUT2D eigenvalue weighted by Crippen LogP contribution is -2.14. The molecule has 5 nitrogen and oxygen atoms in total.